The van der Waals surface area contributed by atoms with Crippen molar-refractivity contribution < 1.29 is 9.47 Å². The second-order valence-electron chi connectivity index (χ2n) is 7.59. The Bertz CT molecular complexity index is 554. The molecule has 0 radical (unpaired) electrons. The summed E-state index contributed by atoms with van der Waals surface area (Å²) in [4.78, 5) is 6.85. The Hall–Kier alpha value is -1.63. The highest BCUT2D eigenvalue weighted by Crippen LogP contribution is 2.18. The summed E-state index contributed by atoms with van der Waals surface area (Å²) in [6, 6.07) is 8.93. The average Bonchev–Trinajstić information content (AvgIpc) is 2.72. The van der Waals surface area contributed by atoms with Crippen LogP contribution in [0.4, 0.5) is 0 Å². The number of guanidine groups is 1. The summed E-state index contributed by atoms with van der Waals surface area (Å²) < 4.78 is 10.4. The minimum Gasteiger partial charge on any atom is -0.382 e. The molecule has 158 valence electrons. The average molecular weight is 391 g/mol. The fraction of sp³-hybridized carbons (Fsp3) is 0.682. The molecule has 1 aromatic rings. The van der Waals surface area contributed by atoms with Crippen molar-refractivity contribution in [2.24, 2.45) is 10.9 Å². The molecular weight excluding hydrogens is 352 g/mol. The zero-order valence-corrected chi connectivity index (χ0v) is 17.9. The molecule has 28 heavy (non-hydrogen) atoms. The van der Waals surface area contributed by atoms with Gasteiger partial charge in [0.15, 0.2) is 5.96 Å². The summed E-state index contributed by atoms with van der Waals surface area (Å²) in [5.41, 5.74) is 2.66. The van der Waals surface area contributed by atoms with E-state index >= 15 is 0 Å². The van der Waals surface area contributed by atoms with Gasteiger partial charge in [0.05, 0.1) is 13.2 Å². The highest BCUT2D eigenvalue weighted by atomic mass is 16.5. The van der Waals surface area contributed by atoms with Crippen LogP contribution in [0.5, 0.6) is 0 Å². The summed E-state index contributed by atoms with van der Waals surface area (Å²) in [5, 5.41) is 6.69. The second-order valence-corrected chi connectivity index (χ2v) is 7.59. The molecule has 2 N–H and O–H groups in total. The van der Waals surface area contributed by atoms with Gasteiger partial charge >= 0.3 is 0 Å². The number of piperidine rings is 1. The van der Waals surface area contributed by atoms with Crippen molar-refractivity contribution in [3.05, 3.63) is 35.4 Å². The molecule has 0 saturated carbocycles. The number of ether oxygens (including phenoxy) is 2. The molecule has 0 atom stereocenters. The number of nitrogens with zero attached hydrogens (tertiary/aromatic N) is 2. The summed E-state index contributed by atoms with van der Waals surface area (Å²) in [6.07, 6.45) is 3.59. The van der Waals surface area contributed by atoms with Gasteiger partial charge in [0.25, 0.3) is 0 Å². The largest absolute Gasteiger partial charge is 0.382 e. The SMILES string of the molecule is CN=C(NCCCOCCOC)NCc1ccc(CN2CCC(C)CC2)cc1. The summed E-state index contributed by atoms with van der Waals surface area (Å²) in [5.74, 6) is 1.71. The fourth-order valence-corrected chi connectivity index (χ4v) is 3.27. The van der Waals surface area contributed by atoms with Crippen LogP contribution in [0, 0.1) is 5.92 Å². The number of aliphatic imine (C=N–C) groups is 1. The first-order valence-corrected chi connectivity index (χ1v) is 10.5. The predicted octanol–water partition coefficient (Wildman–Crippen LogP) is 2.64. The van der Waals surface area contributed by atoms with Crippen LogP contribution < -0.4 is 10.6 Å². The number of benzene rings is 1. The quantitative estimate of drug-likeness (QED) is 0.346. The topological polar surface area (TPSA) is 58.1 Å². The molecule has 6 nitrogen and oxygen atoms in total. The third-order valence-corrected chi connectivity index (χ3v) is 5.18. The molecule has 1 aliphatic rings. The summed E-state index contributed by atoms with van der Waals surface area (Å²) >= 11 is 0. The van der Waals surface area contributed by atoms with E-state index < -0.39 is 0 Å². The minimum absolute atomic E-state index is 0.646. The Morgan fingerprint density at radius 1 is 1.07 bits per heavy atom. The van der Waals surface area contributed by atoms with Crippen LogP contribution in [0.15, 0.2) is 29.3 Å². The number of hydrogen-bond donors (Lipinski definition) is 2. The van der Waals surface area contributed by atoms with Gasteiger partial charge in [-0.05, 0) is 49.4 Å². The van der Waals surface area contributed by atoms with Crippen molar-refractivity contribution in [2.75, 3.05) is 53.6 Å². The smallest absolute Gasteiger partial charge is 0.191 e. The molecular formula is C22H38N4O2. The van der Waals surface area contributed by atoms with Crippen molar-refractivity contribution in [1.82, 2.24) is 15.5 Å². The maximum atomic E-state index is 5.46. The van der Waals surface area contributed by atoms with Gasteiger partial charge < -0.3 is 20.1 Å². The molecule has 0 spiro atoms. The molecule has 0 amide bonds. The van der Waals surface area contributed by atoms with Gasteiger partial charge in [0.1, 0.15) is 0 Å². The zero-order chi connectivity index (χ0) is 20.0. The normalized spacial score (nSPS) is 16.3. The van der Waals surface area contributed by atoms with E-state index in [1.165, 1.54) is 37.1 Å². The molecule has 2 rings (SSSR count). The number of likely N-dealkylation sites (tertiary alicyclic amines) is 1. The monoisotopic (exact) mass is 390 g/mol. The molecule has 1 fully saturated rings. The Morgan fingerprint density at radius 3 is 2.46 bits per heavy atom. The lowest BCUT2D eigenvalue weighted by Gasteiger charge is -2.30. The maximum Gasteiger partial charge on any atom is 0.191 e. The van der Waals surface area contributed by atoms with Crippen LogP contribution in [0.25, 0.3) is 0 Å². The highest BCUT2D eigenvalue weighted by molar-refractivity contribution is 5.79. The molecule has 0 unspecified atom stereocenters. The number of hydrogen-bond acceptors (Lipinski definition) is 4. The van der Waals surface area contributed by atoms with Gasteiger partial charge in [-0.2, -0.15) is 0 Å². The summed E-state index contributed by atoms with van der Waals surface area (Å²) in [6.45, 7) is 9.50. The van der Waals surface area contributed by atoms with Gasteiger partial charge in [0, 0.05) is 40.4 Å². The molecule has 0 aliphatic carbocycles. The third kappa shape index (κ3) is 9.04. The van der Waals surface area contributed by atoms with E-state index in [-0.39, 0.29) is 0 Å². The molecule has 0 bridgehead atoms. The number of methoxy groups -OCH3 is 1. The predicted molar refractivity (Wildman–Crippen MR) is 116 cm³/mol. The first kappa shape index (κ1) is 22.7. The lowest BCUT2D eigenvalue weighted by molar-refractivity contribution is 0.0698. The van der Waals surface area contributed by atoms with E-state index in [0.717, 1.165) is 44.5 Å². The van der Waals surface area contributed by atoms with Crippen molar-refractivity contribution in [3.63, 3.8) is 0 Å². The molecule has 1 heterocycles. The van der Waals surface area contributed by atoms with Crippen molar-refractivity contribution >= 4 is 5.96 Å². The zero-order valence-electron chi connectivity index (χ0n) is 17.9. The Morgan fingerprint density at radius 2 is 1.79 bits per heavy atom. The van der Waals surface area contributed by atoms with Gasteiger partial charge in [-0.3, -0.25) is 9.89 Å². The Kier molecular flexibility index (Phi) is 10.9. The molecule has 0 aromatic heterocycles. The summed E-state index contributed by atoms with van der Waals surface area (Å²) in [7, 11) is 3.48. The van der Waals surface area contributed by atoms with E-state index in [2.05, 4.69) is 51.7 Å². The molecule has 6 heteroatoms. The molecule has 1 aromatic carbocycles. The second kappa shape index (κ2) is 13.5. The number of rotatable bonds is 11. The van der Waals surface area contributed by atoms with E-state index in [0.29, 0.717) is 13.2 Å². The Labute approximate surface area is 170 Å². The third-order valence-electron chi connectivity index (χ3n) is 5.18. The van der Waals surface area contributed by atoms with Crippen LogP contribution in [0.2, 0.25) is 0 Å². The minimum atomic E-state index is 0.646. The van der Waals surface area contributed by atoms with Crippen molar-refractivity contribution in [2.45, 2.75) is 39.3 Å². The standard InChI is InChI=1S/C22H38N4O2/c1-19-9-12-26(13-10-19)18-21-7-5-20(6-8-21)17-25-22(23-2)24-11-4-14-28-16-15-27-3/h5-8,19H,4,9-18H2,1-3H3,(H2,23,24,25). The van der Waals surface area contributed by atoms with Crippen LogP contribution >= 0.6 is 0 Å². The fourth-order valence-electron chi connectivity index (χ4n) is 3.27. The van der Waals surface area contributed by atoms with Crippen LogP contribution in [0.3, 0.4) is 0 Å². The molecule has 1 aliphatic heterocycles. The number of nitrogens with one attached hydrogen (secondary N) is 2. The van der Waals surface area contributed by atoms with Gasteiger partial charge in [-0.15, -0.1) is 0 Å². The van der Waals surface area contributed by atoms with Crippen LogP contribution in [0.1, 0.15) is 37.3 Å². The maximum absolute atomic E-state index is 5.46. The van der Waals surface area contributed by atoms with Gasteiger partial charge in [-0.25, -0.2) is 0 Å². The van der Waals surface area contributed by atoms with E-state index in [9.17, 15) is 0 Å². The van der Waals surface area contributed by atoms with Crippen molar-refractivity contribution in [1.29, 1.82) is 0 Å². The van der Waals surface area contributed by atoms with Crippen LogP contribution in [-0.4, -0.2) is 64.5 Å². The van der Waals surface area contributed by atoms with Gasteiger partial charge in [0.2, 0.25) is 0 Å². The highest BCUT2D eigenvalue weighted by Gasteiger charge is 2.15. The van der Waals surface area contributed by atoms with E-state index in [1.807, 2.05) is 0 Å². The van der Waals surface area contributed by atoms with Gasteiger partial charge in [-0.1, -0.05) is 31.2 Å². The van der Waals surface area contributed by atoms with Crippen LogP contribution in [-0.2, 0) is 22.6 Å². The first-order valence-electron chi connectivity index (χ1n) is 10.5. The first-order chi connectivity index (χ1) is 13.7. The van der Waals surface area contributed by atoms with E-state index in [4.69, 9.17) is 9.47 Å². The van der Waals surface area contributed by atoms with E-state index in [1.54, 1.807) is 14.2 Å². The lowest BCUT2D eigenvalue weighted by atomic mass is 9.99. The Balaban J connectivity index is 1.63. The van der Waals surface area contributed by atoms with Crippen molar-refractivity contribution in [3.8, 4) is 0 Å². The lowest BCUT2D eigenvalue weighted by Crippen LogP contribution is -2.37. The molecule has 1 saturated heterocycles.